The maximum Gasteiger partial charge on any atom is 0.228 e. The van der Waals surface area contributed by atoms with E-state index in [-0.39, 0.29) is 17.9 Å². The first kappa shape index (κ1) is 21.3. The molecule has 154 valence electrons. The Morgan fingerprint density at radius 1 is 1.24 bits per heavy atom. The highest BCUT2D eigenvalue weighted by Crippen LogP contribution is 2.18. The molecular weight excluding hydrogens is 384 g/mol. The number of nitrogens with zero attached hydrogens (tertiary/aromatic N) is 4. The van der Waals surface area contributed by atoms with Crippen molar-refractivity contribution in [2.24, 2.45) is 5.92 Å². The van der Waals surface area contributed by atoms with E-state index in [1.54, 1.807) is 0 Å². The number of carbonyl (C=O) groups excluding carboxylic acids is 1. The molecule has 1 aromatic carbocycles. The molecule has 2 heterocycles. The number of aromatic nitrogens is 1. The largest absolute Gasteiger partial charge is 0.486 e. The van der Waals surface area contributed by atoms with Crippen LogP contribution >= 0.6 is 11.3 Å². The molecule has 29 heavy (non-hydrogen) atoms. The molecule has 6 nitrogen and oxygen atoms in total. The molecule has 1 unspecified atom stereocenters. The van der Waals surface area contributed by atoms with Crippen molar-refractivity contribution >= 4 is 17.2 Å². The summed E-state index contributed by atoms with van der Waals surface area (Å²) >= 11 is 1.52. The maximum atomic E-state index is 12.6. The molecule has 7 heteroatoms. The first-order chi connectivity index (χ1) is 14.0. The molecule has 3 rings (SSSR count). The molecule has 1 aliphatic rings. The van der Waals surface area contributed by atoms with E-state index in [4.69, 9.17) is 4.74 Å². The minimum Gasteiger partial charge on any atom is -0.486 e. The van der Waals surface area contributed by atoms with E-state index in [0.29, 0.717) is 26.1 Å². The lowest BCUT2D eigenvalue weighted by atomic mass is 10.0. The molecule has 0 radical (unpaired) electrons. The van der Waals surface area contributed by atoms with Crippen molar-refractivity contribution in [2.45, 2.75) is 39.8 Å². The summed E-state index contributed by atoms with van der Waals surface area (Å²) in [7, 11) is 0. The number of piperazine rings is 1. The van der Waals surface area contributed by atoms with Gasteiger partial charge in [-0.05, 0) is 25.0 Å². The van der Waals surface area contributed by atoms with Crippen LogP contribution in [0.3, 0.4) is 0 Å². The van der Waals surface area contributed by atoms with Gasteiger partial charge in [0, 0.05) is 31.6 Å². The lowest BCUT2D eigenvalue weighted by molar-refractivity contribution is -0.132. The first-order valence-electron chi connectivity index (χ1n) is 10.0. The van der Waals surface area contributed by atoms with Crippen LogP contribution in [0.1, 0.15) is 30.1 Å². The summed E-state index contributed by atoms with van der Waals surface area (Å²) in [6.45, 7) is 9.39. The van der Waals surface area contributed by atoms with Crippen molar-refractivity contribution in [3.05, 3.63) is 45.9 Å². The van der Waals surface area contributed by atoms with Gasteiger partial charge in [0.05, 0.1) is 18.2 Å². The Balaban J connectivity index is 1.47. The second-order valence-electron chi connectivity index (χ2n) is 7.75. The Labute approximate surface area is 176 Å². The zero-order chi connectivity index (χ0) is 20.8. The Kier molecular flexibility index (Phi) is 7.24. The highest BCUT2D eigenvalue weighted by Gasteiger charge is 2.27. The van der Waals surface area contributed by atoms with Crippen LogP contribution in [0.25, 0.3) is 0 Å². The van der Waals surface area contributed by atoms with Crippen LogP contribution in [0.4, 0.5) is 0 Å². The number of ether oxygens (including phenoxy) is 1. The third kappa shape index (κ3) is 5.78. The minimum absolute atomic E-state index is 0.0816. The zero-order valence-electron chi connectivity index (χ0n) is 17.3. The predicted molar refractivity (Wildman–Crippen MR) is 114 cm³/mol. The quantitative estimate of drug-likeness (QED) is 0.698. The van der Waals surface area contributed by atoms with E-state index in [2.05, 4.69) is 29.8 Å². The number of hydrogen-bond donors (Lipinski definition) is 0. The molecular formula is C22H28N4O2S. The van der Waals surface area contributed by atoms with Gasteiger partial charge in [0.25, 0.3) is 0 Å². The van der Waals surface area contributed by atoms with Crippen LogP contribution in [0.2, 0.25) is 0 Å². The molecule has 1 aliphatic heterocycles. The molecule has 0 aliphatic carbocycles. The van der Waals surface area contributed by atoms with Crippen LogP contribution in [-0.4, -0.2) is 52.9 Å². The fraction of sp³-hybridized carbons (Fsp3) is 0.500. The van der Waals surface area contributed by atoms with Gasteiger partial charge in [-0.3, -0.25) is 9.69 Å². The van der Waals surface area contributed by atoms with Crippen molar-refractivity contribution in [1.82, 2.24) is 14.8 Å². The number of thiazole rings is 1. The number of hydrogen-bond acceptors (Lipinski definition) is 6. The van der Waals surface area contributed by atoms with Gasteiger partial charge in [-0.1, -0.05) is 31.5 Å². The number of amides is 1. The minimum atomic E-state index is -0.0816. The topological polar surface area (TPSA) is 69.5 Å². The van der Waals surface area contributed by atoms with Gasteiger partial charge in [-0.25, -0.2) is 4.98 Å². The summed E-state index contributed by atoms with van der Waals surface area (Å²) in [6.07, 6.45) is 0.312. The average molecular weight is 413 g/mol. The second kappa shape index (κ2) is 9.86. The average Bonchev–Trinajstić information content (AvgIpc) is 3.15. The summed E-state index contributed by atoms with van der Waals surface area (Å²) in [5.41, 5.74) is 1.99. The number of aryl methyl sites for hydroxylation is 1. The fourth-order valence-electron chi connectivity index (χ4n) is 3.44. The van der Waals surface area contributed by atoms with Gasteiger partial charge in [0.2, 0.25) is 5.91 Å². The summed E-state index contributed by atoms with van der Waals surface area (Å²) in [6, 6.07) is 10.2. The molecule has 0 N–H and O–H groups in total. The molecule has 0 spiro atoms. The number of nitriles is 1. The maximum absolute atomic E-state index is 12.6. The second-order valence-corrected chi connectivity index (χ2v) is 8.69. The number of benzene rings is 1. The van der Waals surface area contributed by atoms with E-state index in [1.807, 2.05) is 41.5 Å². The van der Waals surface area contributed by atoms with Crippen molar-refractivity contribution in [1.29, 1.82) is 5.26 Å². The van der Waals surface area contributed by atoms with Crippen LogP contribution in [0.15, 0.2) is 29.6 Å². The van der Waals surface area contributed by atoms with E-state index in [1.165, 1.54) is 16.9 Å². The summed E-state index contributed by atoms with van der Waals surface area (Å²) < 4.78 is 5.77. The first-order valence-corrected chi connectivity index (χ1v) is 10.9. The van der Waals surface area contributed by atoms with E-state index >= 15 is 0 Å². The van der Waals surface area contributed by atoms with Gasteiger partial charge < -0.3 is 9.64 Å². The van der Waals surface area contributed by atoms with Crippen LogP contribution < -0.4 is 4.74 Å². The van der Waals surface area contributed by atoms with Crippen molar-refractivity contribution in [2.75, 3.05) is 26.2 Å². The third-order valence-corrected chi connectivity index (χ3v) is 6.01. The van der Waals surface area contributed by atoms with Crippen LogP contribution in [0, 0.1) is 24.2 Å². The highest BCUT2D eigenvalue weighted by atomic mass is 32.1. The molecule has 0 saturated carbocycles. The van der Waals surface area contributed by atoms with Crippen molar-refractivity contribution < 1.29 is 9.53 Å². The van der Waals surface area contributed by atoms with Crippen LogP contribution in [0.5, 0.6) is 5.75 Å². The summed E-state index contributed by atoms with van der Waals surface area (Å²) in [4.78, 5) is 21.3. The van der Waals surface area contributed by atoms with Crippen molar-refractivity contribution in [3.8, 4) is 11.8 Å². The van der Waals surface area contributed by atoms with Gasteiger partial charge >= 0.3 is 0 Å². The zero-order valence-corrected chi connectivity index (χ0v) is 18.1. The fourth-order valence-corrected chi connectivity index (χ4v) is 4.15. The Bertz CT molecular complexity index is 848. The molecule has 1 atom stereocenters. The highest BCUT2D eigenvalue weighted by molar-refractivity contribution is 7.09. The number of carbonyl (C=O) groups is 1. The third-order valence-electron chi connectivity index (χ3n) is 5.14. The van der Waals surface area contributed by atoms with Gasteiger partial charge in [0.15, 0.2) is 0 Å². The Morgan fingerprint density at radius 2 is 1.93 bits per heavy atom. The van der Waals surface area contributed by atoms with Crippen molar-refractivity contribution in [3.63, 3.8) is 0 Å². The number of rotatable bonds is 7. The smallest absolute Gasteiger partial charge is 0.228 e. The van der Waals surface area contributed by atoms with E-state index < -0.39 is 0 Å². The molecule has 1 amide bonds. The van der Waals surface area contributed by atoms with Gasteiger partial charge in [0.1, 0.15) is 23.4 Å². The van der Waals surface area contributed by atoms with Crippen LogP contribution in [-0.2, 0) is 17.8 Å². The molecule has 0 bridgehead atoms. The Hall–Kier alpha value is -2.43. The Morgan fingerprint density at radius 3 is 2.55 bits per heavy atom. The van der Waals surface area contributed by atoms with Gasteiger partial charge in [-0.2, -0.15) is 5.26 Å². The standard InChI is InChI=1S/C22H28N4O2S/c1-16(2)20(13-23)25-8-10-26(11-9-25)22(27)12-18-15-29-21(24-18)14-28-19-6-4-17(3)5-7-19/h4-7,15-16,20H,8-12,14H2,1-3H3. The molecule has 1 aromatic heterocycles. The lowest BCUT2D eigenvalue weighted by Gasteiger charge is -2.38. The van der Waals surface area contributed by atoms with E-state index in [0.717, 1.165) is 29.5 Å². The molecule has 2 aromatic rings. The SMILES string of the molecule is Cc1ccc(OCc2nc(CC(=O)N3CCN(C(C#N)C(C)C)CC3)cs2)cc1. The summed E-state index contributed by atoms with van der Waals surface area (Å²) in [5.74, 6) is 1.20. The monoisotopic (exact) mass is 412 g/mol. The van der Waals surface area contributed by atoms with Gasteiger partial charge in [-0.15, -0.1) is 11.3 Å². The summed E-state index contributed by atoms with van der Waals surface area (Å²) in [5, 5.41) is 12.2. The molecule has 1 fully saturated rings. The normalized spacial score (nSPS) is 15.9. The predicted octanol–water partition coefficient (Wildman–Crippen LogP) is 3.27. The lowest BCUT2D eigenvalue weighted by Crippen LogP contribution is -2.53. The molecule has 1 saturated heterocycles. The van der Waals surface area contributed by atoms with E-state index in [9.17, 15) is 10.1 Å².